The summed E-state index contributed by atoms with van der Waals surface area (Å²) in [7, 11) is 0. The summed E-state index contributed by atoms with van der Waals surface area (Å²) in [5, 5.41) is 0. The van der Waals surface area contributed by atoms with Gasteiger partial charge in [-0.25, -0.2) is 0 Å². The molecule has 0 aliphatic heterocycles. The highest BCUT2D eigenvalue weighted by Gasteiger charge is 1.79. The van der Waals surface area contributed by atoms with Crippen molar-refractivity contribution in [3.05, 3.63) is 24.4 Å². The zero-order valence-corrected chi connectivity index (χ0v) is 9.58. The van der Waals surface area contributed by atoms with Crippen molar-refractivity contribution in [3.8, 4) is 0 Å². The Morgan fingerprint density at radius 2 is 1.86 bits per heavy atom. The van der Waals surface area contributed by atoms with Gasteiger partial charge in [-0.2, -0.15) is 0 Å². The van der Waals surface area contributed by atoms with Gasteiger partial charge in [0, 0.05) is 18.8 Å². The standard InChI is InChI=1S/C13H23N/c1-3-5-7-9-11-13-14-12-10-8-6-4-2/h6,8,11-13H,3-5,7,9-10H2,1-2H3/b8-6-,13-11-,14-12?. The molecule has 0 atom stereocenters. The monoisotopic (exact) mass is 193 g/mol. The van der Waals surface area contributed by atoms with Crippen LogP contribution in [0.15, 0.2) is 29.4 Å². The molecule has 0 aromatic heterocycles. The first-order valence-electron chi connectivity index (χ1n) is 5.73. The quantitative estimate of drug-likeness (QED) is 0.305. The molecule has 0 aliphatic carbocycles. The van der Waals surface area contributed by atoms with Gasteiger partial charge in [-0.05, 0) is 19.3 Å². The zero-order chi connectivity index (χ0) is 10.5. The Hall–Kier alpha value is -0.850. The number of unbranched alkanes of at least 4 members (excludes halogenated alkanes) is 3. The summed E-state index contributed by atoms with van der Waals surface area (Å²) in [4.78, 5) is 4.18. The Kier molecular flexibility index (Phi) is 11.4. The van der Waals surface area contributed by atoms with Crippen molar-refractivity contribution in [2.75, 3.05) is 0 Å². The molecule has 0 radical (unpaired) electrons. The average molecular weight is 193 g/mol. The number of nitrogens with zero attached hydrogens (tertiary/aromatic N) is 1. The van der Waals surface area contributed by atoms with Gasteiger partial charge < -0.3 is 0 Å². The molecule has 1 heteroatoms. The molecule has 0 fully saturated rings. The third-order valence-corrected chi connectivity index (χ3v) is 1.92. The smallest absolute Gasteiger partial charge is 0.0224 e. The Balaban J connectivity index is 3.27. The number of hydrogen-bond acceptors (Lipinski definition) is 1. The van der Waals surface area contributed by atoms with Crippen LogP contribution in [0.1, 0.15) is 52.4 Å². The van der Waals surface area contributed by atoms with Crippen LogP contribution in [0.3, 0.4) is 0 Å². The fourth-order valence-electron chi connectivity index (χ4n) is 1.09. The molecule has 80 valence electrons. The fraction of sp³-hybridized carbons (Fsp3) is 0.615. The van der Waals surface area contributed by atoms with Crippen LogP contribution in [0.25, 0.3) is 0 Å². The van der Waals surface area contributed by atoms with E-state index in [0.29, 0.717) is 0 Å². The van der Waals surface area contributed by atoms with Gasteiger partial charge >= 0.3 is 0 Å². The summed E-state index contributed by atoms with van der Waals surface area (Å²) in [6.07, 6.45) is 17.5. The van der Waals surface area contributed by atoms with Crippen molar-refractivity contribution in [1.82, 2.24) is 0 Å². The molecule has 0 saturated heterocycles. The third kappa shape index (κ3) is 11.2. The molecule has 0 unspecified atom stereocenters. The van der Waals surface area contributed by atoms with Crippen LogP contribution in [-0.4, -0.2) is 6.21 Å². The topological polar surface area (TPSA) is 12.4 Å². The number of aliphatic imine (C=N–C) groups is 1. The molecular formula is C13H23N. The van der Waals surface area contributed by atoms with Crippen LogP contribution >= 0.6 is 0 Å². The molecule has 0 bridgehead atoms. The van der Waals surface area contributed by atoms with E-state index in [1.54, 1.807) is 0 Å². The molecule has 1 nitrogen and oxygen atoms in total. The van der Waals surface area contributed by atoms with Crippen molar-refractivity contribution in [2.45, 2.75) is 52.4 Å². The first-order valence-corrected chi connectivity index (χ1v) is 5.73. The van der Waals surface area contributed by atoms with Crippen molar-refractivity contribution in [2.24, 2.45) is 4.99 Å². The van der Waals surface area contributed by atoms with Gasteiger partial charge in [-0.1, -0.05) is 44.9 Å². The maximum Gasteiger partial charge on any atom is 0.0224 e. The van der Waals surface area contributed by atoms with Crippen LogP contribution in [0.5, 0.6) is 0 Å². The zero-order valence-electron chi connectivity index (χ0n) is 9.58. The van der Waals surface area contributed by atoms with Crippen LogP contribution in [0.2, 0.25) is 0 Å². The van der Waals surface area contributed by atoms with Gasteiger partial charge in [0.2, 0.25) is 0 Å². The van der Waals surface area contributed by atoms with E-state index in [0.717, 1.165) is 19.3 Å². The maximum atomic E-state index is 4.18. The fourth-order valence-corrected chi connectivity index (χ4v) is 1.09. The van der Waals surface area contributed by atoms with Crippen LogP contribution in [0, 0.1) is 0 Å². The van der Waals surface area contributed by atoms with E-state index < -0.39 is 0 Å². The largest absolute Gasteiger partial charge is 0.269 e. The number of hydrogen-bond donors (Lipinski definition) is 0. The van der Waals surface area contributed by atoms with Crippen LogP contribution in [-0.2, 0) is 0 Å². The van der Waals surface area contributed by atoms with E-state index in [1.165, 1.54) is 19.3 Å². The first-order chi connectivity index (χ1) is 6.91. The van der Waals surface area contributed by atoms with Crippen LogP contribution in [0.4, 0.5) is 0 Å². The number of rotatable bonds is 8. The molecule has 0 aromatic rings. The lowest BCUT2D eigenvalue weighted by Crippen LogP contribution is -1.71. The Morgan fingerprint density at radius 3 is 2.57 bits per heavy atom. The van der Waals surface area contributed by atoms with E-state index in [4.69, 9.17) is 0 Å². The summed E-state index contributed by atoms with van der Waals surface area (Å²) < 4.78 is 0. The lowest BCUT2D eigenvalue weighted by Gasteiger charge is -1.89. The second-order valence-corrected chi connectivity index (χ2v) is 3.33. The van der Waals surface area contributed by atoms with Gasteiger partial charge in [-0.15, -0.1) is 0 Å². The van der Waals surface area contributed by atoms with Gasteiger partial charge in [0.25, 0.3) is 0 Å². The molecule has 0 saturated carbocycles. The molecule has 0 rings (SSSR count). The van der Waals surface area contributed by atoms with Crippen LogP contribution < -0.4 is 0 Å². The van der Waals surface area contributed by atoms with Crippen molar-refractivity contribution in [3.63, 3.8) is 0 Å². The van der Waals surface area contributed by atoms with E-state index in [-0.39, 0.29) is 0 Å². The van der Waals surface area contributed by atoms with Gasteiger partial charge in [0.1, 0.15) is 0 Å². The predicted octanol–water partition coefficient (Wildman–Crippen LogP) is 4.51. The van der Waals surface area contributed by atoms with E-state index >= 15 is 0 Å². The molecule has 0 amide bonds. The second kappa shape index (κ2) is 12.2. The van der Waals surface area contributed by atoms with Gasteiger partial charge in [-0.3, -0.25) is 4.99 Å². The normalized spacial score (nSPS) is 12.4. The average Bonchev–Trinajstić information content (AvgIpc) is 2.21. The maximum absolute atomic E-state index is 4.18. The van der Waals surface area contributed by atoms with Crippen molar-refractivity contribution < 1.29 is 0 Å². The summed E-state index contributed by atoms with van der Waals surface area (Å²) in [5.74, 6) is 0. The Bertz CT molecular complexity index is 178. The molecule has 14 heavy (non-hydrogen) atoms. The minimum atomic E-state index is 0.952. The first kappa shape index (κ1) is 13.2. The highest BCUT2D eigenvalue weighted by atomic mass is 14.7. The second-order valence-electron chi connectivity index (χ2n) is 3.33. The summed E-state index contributed by atoms with van der Waals surface area (Å²) in [5.41, 5.74) is 0. The minimum absolute atomic E-state index is 0.952. The SMILES string of the molecule is CC/C=C\CC=N/C=C\CCCCC. The third-order valence-electron chi connectivity index (χ3n) is 1.92. The van der Waals surface area contributed by atoms with Crippen molar-refractivity contribution in [1.29, 1.82) is 0 Å². The van der Waals surface area contributed by atoms with E-state index in [1.807, 2.05) is 12.4 Å². The lowest BCUT2D eigenvalue weighted by molar-refractivity contribution is 0.729. The summed E-state index contributed by atoms with van der Waals surface area (Å²) in [6, 6.07) is 0. The Morgan fingerprint density at radius 1 is 1.00 bits per heavy atom. The molecule has 0 spiro atoms. The van der Waals surface area contributed by atoms with E-state index in [9.17, 15) is 0 Å². The predicted molar refractivity (Wildman–Crippen MR) is 65.8 cm³/mol. The van der Waals surface area contributed by atoms with Gasteiger partial charge in [0.05, 0.1) is 0 Å². The molecule has 0 N–H and O–H groups in total. The minimum Gasteiger partial charge on any atom is -0.269 e. The highest BCUT2D eigenvalue weighted by molar-refractivity contribution is 5.60. The molecule has 0 aromatic carbocycles. The highest BCUT2D eigenvalue weighted by Crippen LogP contribution is 1.99. The Labute approximate surface area is 88.6 Å². The summed E-state index contributed by atoms with van der Waals surface area (Å²) >= 11 is 0. The lowest BCUT2D eigenvalue weighted by atomic mass is 10.2. The van der Waals surface area contributed by atoms with Gasteiger partial charge in [0.15, 0.2) is 0 Å². The van der Waals surface area contributed by atoms with E-state index in [2.05, 4.69) is 37.1 Å². The molecule has 0 aliphatic rings. The summed E-state index contributed by atoms with van der Waals surface area (Å²) in [6.45, 7) is 4.36. The molecule has 0 heterocycles. The molecular weight excluding hydrogens is 170 g/mol. The number of allylic oxidation sites excluding steroid dienone is 3. The van der Waals surface area contributed by atoms with Crippen molar-refractivity contribution >= 4 is 6.21 Å².